The van der Waals surface area contributed by atoms with Crippen LogP contribution in [0.5, 0.6) is 0 Å². The highest BCUT2D eigenvalue weighted by molar-refractivity contribution is 5.99. The van der Waals surface area contributed by atoms with Gasteiger partial charge in [0.05, 0.1) is 12.1 Å². The molecule has 1 aromatic rings. The van der Waals surface area contributed by atoms with Gasteiger partial charge in [-0.1, -0.05) is 84.7 Å². The van der Waals surface area contributed by atoms with E-state index >= 15 is 0 Å². The predicted octanol–water partition coefficient (Wildman–Crippen LogP) is 3.86. The molecule has 8 N–H and O–H groups in total. The van der Waals surface area contributed by atoms with Gasteiger partial charge in [-0.2, -0.15) is 0 Å². The molecule has 0 saturated heterocycles. The van der Waals surface area contributed by atoms with Gasteiger partial charge in [0.25, 0.3) is 11.8 Å². The summed E-state index contributed by atoms with van der Waals surface area (Å²) in [7, 11) is 0. The van der Waals surface area contributed by atoms with Crippen LogP contribution in [0, 0.1) is 17.8 Å². The maximum atomic E-state index is 14.1. The van der Waals surface area contributed by atoms with E-state index in [1.165, 1.54) is 13.8 Å². The normalized spacial score (nSPS) is 18.0. The summed E-state index contributed by atoms with van der Waals surface area (Å²) in [4.78, 5) is 105. The fourth-order valence-electron chi connectivity index (χ4n) is 7.12. The summed E-state index contributed by atoms with van der Waals surface area (Å²) in [6, 6.07) is 2.89. The number of nitrogens with one attached hydrogen (secondary N) is 8. The standard InChI is InChI=1S/C46H76N8O10/c1-26(2)22-35(41(58)51-36(23-27(3)4)42(59)52-37(24-28(5)6)43(60)54-45(62)64-46(10,11)12)50-34-21-17-16-20-33(34)47-29(7)38(55)48-30(8)39(56)49-31(9)40(57)53-44(61)63-25-32-18-14-13-15-19-32/h13-15,18-19,26-31,33-37,47,50H,16-17,20-25H2,1-12H3,(H,48,55)(H,49,56)(H,51,58)(H,52,59)(H,53,57,61)(H,54,60,62)/t29-,30+,31-,33+,34+,35-,36+,37-/m0/s1. The van der Waals surface area contributed by atoms with Crippen LogP contribution in [0.3, 0.4) is 0 Å². The molecule has 8 amide bonds. The van der Waals surface area contributed by atoms with Crippen molar-refractivity contribution in [2.24, 2.45) is 17.8 Å². The molecule has 1 aliphatic carbocycles. The highest BCUT2D eigenvalue weighted by Gasteiger charge is 2.35. The summed E-state index contributed by atoms with van der Waals surface area (Å²) in [5.74, 6) is -3.42. The van der Waals surface area contributed by atoms with E-state index in [9.17, 15) is 38.4 Å². The minimum atomic E-state index is -1.11. The Labute approximate surface area is 379 Å². The highest BCUT2D eigenvalue weighted by Crippen LogP contribution is 2.21. The van der Waals surface area contributed by atoms with Gasteiger partial charge in [0.15, 0.2) is 0 Å². The molecular weight excluding hydrogens is 825 g/mol. The Bertz CT molecular complexity index is 1720. The van der Waals surface area contributed by atoms with E-state index in [0.29, 0.717) is 25.7 Å². The number of amides is 8. The van der Waals surface area contributed by atoms with Crippen LogP contribution >= 0.6 is 0 Å². The van der Waals surface area contributed by atoms with Crippen LogP contribution in [0.25, 0.3) is 0 Å². The van der Waals surface area contributed by atoms with E-state index in [2.05, 4.69) is 42.5 Å². The number of alkyl carbamates (subject to hydrolysis) is 2. The largest absolute Gasteiger partial charge is 0.444 e. The minimum Gasteiger partial charge on any atom is -0.444 e. The summed E-state index contributed by atoms with van der Waals surface area (Å²) in [6.45, 7) is 21.2. The van der Waals surface area contributed by atoms with Crippen LogP contribution in [0.15, 0.2) is 30.3 Å². The molecule has 64 heavy (non-hydrogen) atoms. The molecule has 0 bridgehead atoms. The number of benzene rings is 1. The van der Waals surface area contributed by atoms with Gasteiger partial charge in [-0.05, 0) is 97.0 Å². The van der Waals surface area contributed by atoms with E-state index in [1.807, 2.05) is 47.6 Å². The molecule has 0 spiro atoms. The number of imide groups is 2. The van der Waals surface area contributed by atoms with E-state index < -0.39 is 83.6 Å². The van der Waals surface area contributed by atoms with Crippen LogP contribution in [-0.4, -0.2) is 102 Å². The van der Waals surface area contributed by atoms with Gasteiger partial charge in [0.1, 0.15) is 36.4 Å². The quantitative estimate of drug-likeness (QED) is 0.0827. The van der Waals surface area contributed by atoms with Gasteiger partial charge in [-0.3, -0.25) is 39.4 Å². The van der Waals surface area contributed by atoms with Gasteiger partial charge in [-0.15, -0.1) is 0 Å². The Morgan fingerprint density at radius 1 is 0.531 bits per heavy atom. The molecule has 8 atom stereocenters. The predicted molar refractivity (Wildman–Crippen MR) is 242 cm³/mol. The lowest BCUT2D eigenvalue weighted by atomic mass is 9.88. The summed E-state index contributed by atoms with van der Waals surface area (Å²) in [5, 5.41) is 22.2. The molecule has 1 saturated carbocycles. The van der Waals surface area contributed by atoms with Gasteiger partial charge in [-0.25, -0.2) is 9.59 Å². The maximum Gasteiger partial charge on any atom is 0.414 e. The fourth-order valence-corrected chi connectivity index (χ4v) is 7.12. The smallest absolute Gasteiger partial charge is 0.414 e. The van der Waals surface area contributed by atoms with Crippen molar-refractivity contribution in [2.75, 3.05) is 0 Å². The zero-order chi connectivity index (χ0) is 48.3. The van der Waals surface area contributed by atoms with Gasteiger partial charge in [0, 0.05) is 12.1 Å². The first-order valence-corrected chi connectivity index (χ1v) is 22.6. The van der Waals surface area contributed by atoms with Crippen molar-refractivity contribution in [2.45, 2.75) is 189 Å². The molecule has 0 radical (unpaired) electrons. The molecule has 18 heteroatoms. The average Bonchev–Trinajstić information content (AvgIpc) is 3.18. The van der Waals surface area contributed by atoms with Crippen molar-refractivity contribution in [1.29, 1.82) is 0 Å². The van der Waals surface area contributed by atoms with Crippen molar-refractivity contribution in [3.05, 3.63) is 35.9 Å². The molecule has 360 valence electrons. The topological polar surface area (TPSA) is 251 Å². The van der Waals surface area contributed by atoms with Crippen LogP contribution < -0.4 is 42.5 Å². The van der Waals surface area contributed by atoms with Crippen LogP contribution in [0.1, 0.15) is 134 Å². The number of hydrogen-bond acceptors (Lipinski definition) is 12. The first-order valence-electron chi connectivity index (χ1n) is 22.6. The van der Waals surface area contributed by atoms with Crippen LogP contribution in [0.4, 0.5) is 9.59 Å². The van der Waals surface area contributed by atoms with Crippen LogP contribution in [-0.2, 0) is 44.8 Å². The summed E-state index contributed by atoms with van der Waals surface area (Å²) in [6.07, 6.45) is 2.31. The Balaban J connectivity index is 2.07. The second-order valence-corrected chi connectivity index (χ2v) is 19.1. The zero-order valence-electron chi connectivity index (χ0n) is 40.0. The maximum absolute atomic E-state index is 14.1. The van der Waals surface area contributed by atoms with Crippen molar-refractivity contribution in [3.8, 4) is 0 Å². The van der Waals surface area contributed by atoms with Gasteiger partial charge >= 0.3 is 12.2 Å². The van der Waals surface area contributed by atoms with E-state index in [4.69, 9.17) is 9.47 Å². The molecule has 0 aromatic heterocycles. The van der Waals surface area contributed by atoms with E-state index in [1.54, 1.807) is 52.0 Å². The Hall–Kier alpha value is -5.10. The third-order valence-corrected chi connectivity index (χ3v) is 10.3. The van der Waals surface area contributed by atoms with Crippen molar-refractivity contribution < 1.29 is 47.8 Å². The lowest BCUT2D eigenvalue weighted by molar-refractivity contribution is -0.133. The Morgan fingerprint density at radius 3 is 1.48 bits per heavy atom. The fraction of sp³-hybridized carbons (Fsp3) is 0.696. The molecule has 1 aromatic carbocycles. The van der Waals surface area contributed by atoms with Gasteiger partial charge < -0.3 is 41.4 Å². The Morgan fingerprint density at radius 2 is 0.969 bits per heavy atom. The monoisotopic (exact) mass is 901 g/mol. The van der Waals surface area contributed by atoms with Crippen molar-refractivity contribution in [3.63, 3.8) is 0 Å². The van der Waals surface area contributed by atoms with E-state index in [-0.39, 0.29) is 48.8 Å². The number of hydrogen-bond donors (Lipinski definition) is 8. The van der Waals surface area contributed by atoms with Crippen molar-refractivity contribution in [1.82, 2.24) is 42.5 Å². The number of ether oxygens (including phenoxy) is 2. The highest BCUT2D eigenvalue weighted by atomic mass is 16.6. The number of carbonyl (C=O) groups is 8. The molecule has 1 aliphatic rings. The van der Waals surface area contributed by atoms with E-state index in [0.717, 1.165) is 18.4 Å². The zero-order valence-corrected chi connectivity index (χ0v) is 40.0. The SMILES string of the molecule is CC(C)C[C@H](NC(=O)[C@@H](CC(C)C)NC(=O)[C@H](CC(C)C)N[C@@H]1CCCC[C@H]1N[C@@H](C)C(=O)N[C@H](C)C(=O)N[C@@H](C)C(=O)NC(=O)OCc1ccccc1)C(=O)NC(=O)OC(C)(C)C. The van der Waals surface area contributed by atoms with Crippen LogP contribution in [0.2, 0.25) is 0 Å². The molecule has 0 aliphatic heterocycles. The number of rotatable bonds is 22. The lowest BCUT2D eigenvalue weighted by Gasteiger charge is -2.37. The first-order chi connectivity index (χ1) is 29.8. The Kier molecular flexibility index (Phi) is 22.9. The third kappa shape index (κ3) is 21.1. The molecule has 18 nitrogen and oxygen atoms in total. The second-order valence-electron chi connectivity index (χ2n) is 19.1. The lowest BCUT2D eigenvalue weighted by Crippen LogP contribution is -2.61. The van der Waals surface area contributed by atoms with Gasteiger partial charge in [0.2, 0.25) is 23.6 Å². The molecule has 0 heterocycles. The third-order valence-electron chi connectivity index (χ3n) is 10.3. The molecule has 2 rings (SSSR count). The minimum absolute atomic E-state index is 0.00378. The summed E-state index contributed by atoms with van der Waals surface area (Å²) in [5.41, 5.74) is -0.0934. The number of carbonyl (C=O) groups excluding carboxylic acids is 8. The molecule has 0 unspecified atom stereocenters. The molecular formula is C46H76N8O10. The molecule has 1 fully saturated rings. The summed E-state index contributed by atoms with van der Waals surface area (Å²) < 4.78 is 10.3. The average molecular weight is 901 g/mol. The van der Waals surface area contributed by atoms with Crippen molar-refractivity contribution >= 4 is 47.6 Å². The second kappa shape index (κ2) is 26.6. The first kappa shape index (κ1) is 55.0. The summed E-state index contributed by atoms with van der Waals surface area (Å²) >= 11 is 0.